The van der Waals surface area contributed by atoms with Crippen LogP contribution in [0.5, 0.6) is 0 Å². The van der Waals surface area contributed by atoms with Gasteiger partial charge in [0, 0.05) is 26.7 Å². The largest absolute Gasteiger partial charge is 0.351 e. The summed E-state index contributed by atoms with van der Waals surface area (Å²) in [5.41, 5.74) is 0. The van der Waals surface area contributed by atoms with Crippen molar-refractivity contribution in [2.45, 2.75) is 26.1 Å². The Morgan fingerprint density at radius 1 is 1.56 bits per heavy atom. The van der Waals surface area contributed by atoms with Crippen LogP contribution >= 0.6 is 0 Å². The average Bonchev–Trinajstić information content (AvgIpc) is 2.28. The fourth-order valence-corrected chi connectivity index (χ4v) is 1.51. The van der Waals surface area contributed by atoms with Crippen LogP contribution in [0.3, 0.4) is 0 Å². The Balaban J connectivity index is 2.77. The monoisotopic (exact) mass is 225 g/mol. The Hall–Kier alpha value is -1.32. The summed E-state index contributed by atoms with van der Waals surface area (Å²) in [4.78, 5) is 5.63. The Labute approximate surface area is 96.7 Å². The molecule has 0 bridgehead atoms. The third kappa shape index (κ3) is 4.04. The van der Waals surface area contributed by atoms with Gasteiger partial charge < -0.3 is 10.2 Å². The molecule has 1 aliphatic rings. The molecule has 0 radical (unpaired) electrons. The second-order valence-corrected chi connectivity index (χ2v) is 4.15. The van der Waals surface area contributed by atoms with E-state index in [-0.39, 0.29) is 0 Å². The van der Waals surface area contributed by atoms with Crippen LogP contribution in [-0.2, 0) is 0 Å². The third-order valence-corrected chi connectivity index (χ3v) is 2.63. The zero-order valence-electron chi connectivity index (χ0n) is 10.2. The molecule has 90 valence electrons. The Morgan fingerprint density at radius 2 is 2.31 bits per heavy atom. The first-order chi connectivity index (χ1) is 7.63. The Kier molecular flexibility index (Phi) is 5.02. The van der Waals surface area contributed by atoms with Gasteiger partial charge in [-0.25, -0.2) is 4.39 Å². The van der Waals surface area contributed by atoms with Crippen molar-refractivity contribution < 1.29 is 4.39 Å². The minimum Gasteiger partial charge on any atom is -0.351 e. The second-order valence-electron chi connectivity index (χ2n) is 4.15. The van der Waals surface area contributed by atoms with E-state index >= 15 is 0 Å². The van der Waals surface area contributed by atoms with Crippen molar-refractivity contribution in [2.75, 3.05) is 14.1 Å². The molecule has 1 N–H and O–H groups in total. The molecule has 0 amide bonds. The van der Waals surface area contributed by atoms with Gasteiger partial charge in [0.2, 0.25) is 0 Å². The first kappa shape index (κ1) is 12.7. The number of hydrogen-bond acceptors (Lipinski definition) is 2. The first-order valence-corrected chi connectivity index (χ1v) is 5.56. The van der Waals surface area contributed by atoms with Crippen molar-refractivity contribution in [2.24, 2.45) is 10.9 Å². The topological polar surface area (TPSA) is 27.6 Å². The molecule has 0 aliphatic carbocycles. The van der Waals surface area contributed by atoms with E-state index in [0.29, 0.717) is 12.3 Å². The average molecular weight is 225 g/mol. The van der Waals surface area contributed by atoms with E-state index in [2.05, 4.69) is 17.2 Å². The molecule has 0 aromatic carbocycles. The van der Waals surface area contributed by atoms with Gasteiger partial charge in [0.05, 0.1) is 0 Å². The molecule has 2 atom stereocenters. The highest BCUT2D eigenvalue weighted by Crippen LogP contribution is 2.16. The SMILES string of the molecule is CN=C1C=CN(C)C(F)CC(C)C/C=C/N1. The normalized spacial score (nSPS) is 32.0. The predicted molar refractivity (Wildman–Crippen MR) is 65.8 cm³/mol. The van der Waals surface area contributed by atoms with Crippen molar-refractivity contribution in [1.29, 1.82) is 0 Å². The van der Waals surface area contributed by atoms with Crippen LogP contribution in [0, 0.1) is 5.92 Å². The lowest BCUT2D eigenvalue weighted by atomic mass is 10.0. The molecule has 2 unspecified atom stereocenters. The molecular weight excluding hydrogens is 205 g/mol. The molecule has 1 rings (SSSR count). The molecule has 16 heavy (non-hydrogen) atoms. The van der Waals surface area contributed by atoms with Gasteiger partial charge in [-0.15, -0.1) is 0 Å². The first-order valence-electron chi connectivity index (χ1n) is 5.56. The van der Waals surface area contributed by atoms with E-state index in [9.17, 15) is 4.39 Å². The second kappa shape index (κ2) is 6.30. The lowest BCUT2D eigenvalue weighted by Gasteiger charge is -2.21. The maximum absolute atomic E-state index is 13.7. The minimum atomic E-state index is -0.934. The van der Waals surface area contributed by atoms with Crippen LogP contribution in [0.2, 0.25) is 0 Å². The number of halogens is 1. The van der Waals surface area contributed by atoms with Crippen molar-refractivity contribution >= 4 is 5.84 Å². The standard InChI is InChI=1S/C12H20FN3/c1-10-5-4-7-15-12(14-2)6-8-16(3)11(13)9-10/h4,6-8,10-11H,5,9H2,1-3H3,(H,14,15)/b7-4+,8-6?. The van der Waals surface area contributed by atoms with Crippen molar-refractivity contribution in [1.82, 2.24) is 10.2 Å². The van der Waals surface area contributed by atoms with E-state index < -0.39 is 6.30 Å². The van der Waals surface area contributed by atoms with E-state index in [1.54, 1.807) is 31.3 Å². The predicted octanol–water partition coefficient (Wildman–Crippen LogP) is 2.29. The summed E-state index contributed by atoms with van der Waals surface area (Å²) in [6.07, 6.45) is 7.85. The molecule has 0 saturated carbocycles. The number of amidine groups is 1. The van der Waals surface area contributed by atoms with Crippen LogP contribution in [0.15, 0.2) is 29.5 Å². The van der Waals surface area contributed by atoms with E-state index in [1.807, 2.05) is 12.3 Å². The van der Waals surface area contributed by atoms with Gasteiger partial charge in [0.15, 0.2) is 6.30 Å². The van der Waals surface area contributed by atoms with E-state index in [4.69, 9.17) is 0 Å². The molecular formula is C12H20FN3. The van der Waals surface area contributed by atoms with Gasteiger partial charge in [-0.3, -0.25) is 4.99 Å². The van der Waals surface area contributed by atoms with Gasteiger partial charge in [-0.05, 0) is 24.6 Å². The summed E-state index contributed by atoms with van der Waals surface area (Å²) < 4.78 is 13.7. The number of aliphatic imine (C=N–C) groups is 1. The van der Waals surface area contributed by atoms with Crippen LogP contribution in [0.4, 0.5) is 4.39 Å². The Bertz CT molecular complexity index is 297. The van der Waals surface area contributed by atoms with Crippen LogP contribution in [0.25, 0.3) is 0 Å². The molecule has 0 aromatic heterocycles. The summed E-state index contributed by atoms with van der Waals surface area (Å²) in [6, 6.07) is 0. The van der Waals surface area contributed by atoms with Crippen molar-refractivity contribution in [3.8, 4) is 0 Å². The highest BCUT2D eigenvalue weighted by Gasteiger charge is 2.14. The van der Waals surface area contributed by atoms with Gasteiger partial charge in [0.1, 0.15) is 5.84 Å². The fraction of sp³-hybridized carbons (Fsp3) is 0.583. The summed E-state index contributed by atoms with van der Waals surface area (Å²) in [5, 5.41) is 3.06. The molecule has 1 aliphatic heterocycles. The lowest BCUT2D eigenvalue weighted by Crippen LogP contribution is -2.25. The van der Waals surface area contributed by atoms with Gasteiger partial charge in [0.25, 0.3) is 0 Å². The number of rotatable bonds is 0. The highest BCUT2D eigenvalue weighted by molar-refractivity contribution is 5.93. The number of hydrogen-bond donors (Lipinski definition) is 1. The zero-order chi connectivity index (χ0) is 12.0. The fourth-order valence-electron chi connectivity index (χ4n) is 1.51. The molecule has 0 spiro atoms. The maximum atomic E-state index is 13.7. The van der Waals surface area contributed by atoms with Crippen molar-refractivity contribution in [3.63, 3.8) is 0 Å². The quantitative estimate of drug-likeness (QED) is 0.640. The molecule has 0 aromatic rings. The number of allylic oxidation sites excluding steroid dienone is 1. The lowest BCUT2D eigenvalue weighted by molar-refractivity contribution is 0.129. The summed E-state index contributed by atoms with van der Waals surface area (Å²) in [7, 11) is 3.45. The Morgan fingerprint density at radius 3 is 3.00 bits per heavy atom. The molecule has 1 heterocycles. The smallest absolute Gasteiger partial charge is 0.172 e. The van der Waals surface area contributed by atoms with Gasteiger partial charge >= 0.3 is 0 Å². The highest BCUT2D eigenvalue weighted by atomic mass is 19.1. The van der Waals surface area contributed by atoms with Crippen LogP contribution < -0.4 is 5.32 Å². The molecule has 3 nitrogen and oxygen atoms in total. The van der Waals surface area contributed by atoms with Gasteiger partial charge in [-0.1, -0.05) is 13.0 Å². The summed E-state index contributed by atoms with van der Waals surface area (Å²) in [6.45, 7) is 2.06. The number of alkyl halides is 1. The molecule has 0 fully saturated rings. The van der Waals surface area contributed by atoms with Crippen molar-refractivity contribution in [3.05, 3.63) is 24.6 Å². The molecule has 4 heteroatoms. The number of nitrogens with zero attached hydrogens (tertiary/aromatic N) is 2. The number of nitrogens with one attached hydrogen (secondary N) is 1. The van der Waals surface area contributed by atoms with Crippen LogP contribution in [-0.4, -0.2) is 31.1 Å². The zero-order valence-corrected chi connectivity index (χ0v) is 10.2. The maximum Gasteiger partial charge on any atom is 0.172 e. The summed E-state index contributed by atoms with van der Waals surface area (Å²) in [5.74, 6) is 1.06. The van der Waals surface area contributed by atoms with Gasteiger partial charge in [-0.2, -0.15) is 0 Å². The van der Waals surface area contributed by atoms with E-state index in [1.165, 1.54) is 0 Å². The molecule has 0 saturated heterocycles. The third-order valence-electron chi connectivity index (χ3n) is 2.63. The van der Waals surface area contributed by atoms with E-state index in [0.717, 1.165) is 12.3 Å². The minimum absolute atomic E-state index is 0.337. The summed E-state index contributed by atoms with van der Waals surface area (Å²) >= 11 is 0. The van der Waals surface area contributed by atoms with Crippen LogP contribution in [0.1, 0.15) is 19.8 Å².